The van der Waals surface area contributed by atoms with Crippen LogP contribution in [0, 0.1) is 16.7 Å². The maximum Gasteiger partial charge on any atom is 0.0689 e. The predicted octanol–water partition coefficient (Wildman–Crippen LogP) is 1.06. The lowest BCUT2D eigenvalue weighted by Gasteiger charge is -2.44. The fraction of sp³-hybridized carbons (Fsp3) is 0.857. The number of hydrogen-bond donors (Lipinski definition) is 1. The summed E-state index contributed by atoms with van der Waals surface area (Å²) >= 11 is 0. The zero-order valence-electron chi connectivity index (χ0n) is 5.81. The molecular weight excluding hydrogens is 114 g/mol. The van der Waals surface area contributed by atoms with Gasteiger partial charge in [-0.3, -0.25) is 0 Å². The molecule has 1 aliphatic rings. The molecule has 0 unspecified atom stereocenters. The van der Waals surface area contributed by atoms with Crippen LogP contribution in [0.2, 0.25) is 0 Å². The first-order valence-electron chi connectivity index (χ1n) is 3.11. The van der Waals surface area contributed by atoms with Crippen LogP contribution in [0.15, 0.2) is 0 Å². The number of nitriles is 1. The zero-order valence-corrected chi connectivity index (χ0v) is 5.81. The van der Waals surface area contributed by atoms with E-state index in [0.29, 0.717) is 12.8 Å². The second-order valence-electron chi connectivity index (χ2n) is 3.52. The van der Waals surface area contributed by atoms with Gasteiger partial charge in [0.05, 0.1) is 17.1 Å². The fourth-order valence-electron chi connectivity index (χ4n) is 1.71. The predicted molar refractivity (Wildman–Crippen MR) is 33.6 cm³/mol. The molecule has 2 heteroatoms. The lowest BCUT2D eigenvalue weighted by atomic mass is 9.62. The molecule has 1 N–H and O–H groups in total. The topological polar surface area (TPSA) is 44.0 Å². The lowest BCUT2D eigenvalue weighted by Crippen LogP contribution is -2.47. The zero-order chi connectivity index (χ0) is 7.12. The fourth-order valence-corrected chi connectivity index (χ4v) is 1.71. The molecule has 9 heavy (non-hydrogen) atoms. The Kier molecular flexibility index (Phi) is 1.08. The Hall–Kier alpha value is -0.550. The summed E-state index contributed by atoms with van der Waals surface area (Å²) in [5, 5.41) is 17.7. The standard InChI is InChI=1S/C7H11NO/c1-6(5-8)3-7(2,9)4-6/h9H,3-4H2,1-2H3. The normalized spacial score (nSPS) is 49.6. The average molecular weight is 125 g/mol. The van der Waals surface area contributed by atoms with Crippen molar-refractivity contribution in [1.82, 2.24) is 0 Å². The average Bonchev–Trinajstić information content (AvgIpc) is 1.61. The third-order valence-electron chi connectivity index (χ3n) is 1.81. The summed E-state index contributed by atoms with van der Waals surface area (Å²) < 4.78 is 0. The molecule has 0 radical (unpaired) electrons. The first-order valence-corrected chi connectivity index (χ1v) is 3.11. The Morgan fingerprint density at radius 3 is 2.00 bits per heavy atom. The lowest BCUT2D eigenvalue weighted by molar-refractivity contribution is -0.0804. The van der Waals surface area contributed by atoms with E-state index in [1.54, 1.807) is 6.92 Å². The molecule has 0 saturated heterocycles. The molecule has 1 rings (SSSR count). The molecule has 0 bridgehead atoms. The van der Waals surface area contributed by atoms with Gasteiger partial charge in [-0.2, -0.15) is 5.26 Å². The molecule has 0 amide bonds. The first-order chi connectivity index (χ1) is 3.97. The third kappa shape index (κ3) is 1.06. The highest BCUT2D eigenvalue weighted by Gasteiger charge is 2.47. The molecule has 0 aliphatic heterocycles. The van der Waals surface area contributed by atoms with Gasteiger partial charge in [0, 0.05) is 0 Å². The summed E-state index contributed by atoms with van der Waals surface area (Å²) in [5.41, 5.74) is -0.812. The van der Waals surface area contributed by atoms with Gasteiger partial charge in [0.1, 0.15) is 0 Å². The molecule has 1 fully saturated rings. The van der Waals surface area contributed by atoms with Gasteiger partial charge < -0.3 is 5.11 Å². The molecular formula is C7H11NO. The van der Waals surface area contributed by atoms with Crippen LogP contribution in [0.25, 0.3) is 0 Å². The third-order valence-corrected chi connectivity index (χ3v) is 1.81. The van der Waals surface area contributed by atoms with Crippen molar-refractivity contribution in [3.05, 3.63) is 0 Å². The highest BCUT2D eigenvalue weighted by Crippen LogP contribution is 2.47. The molecule has 1 saturated carbocycles. The van der Waals surface area contributed by atoms with Crippen molar-refractivity contribution in [2.45, 2.75) is 32.3 Å². The highest BCUT2D eigenvalue weighted by molar-refractivity contribution is 5.10. The van der Waals surface area contributed by atoms with E-state index in [9.17, 15) is 5.11 Å². The Morgan fingerprint density at radius 1 is 1.44 bits per heavy atom. The SMILES string of the molecule is CC1(O)CC(C)(C#N)C1. The summed E-state index contributed by atoms with van der Waals surface area (Å²) in [6.07, 6.45) is 1.24. The van der Waals surface area contributed by atoms with Crippen LogP contribution in [0.5, 0.6) is 0 Å². The van der Waals surface area contributed by atoms with E-state index >= 15 is 0 Å². The van der Waals surface area contributed by atoms with Crippen LogP contribution in [-0.2, 0) is 0 Å². The van der Waals surface area contributed by atoms with Crippen molar-refractivity contribution in [2.75, 3.05) is 0 Å². The Bertz CT molecular complexity index is 158. The highest BCUT2D eigenvalue weighted by atomic mass is 16.3. The van der Waals surface area contributed by atoms with Crippen molar-refractivity contribution in [1.29, 1.82) is 5.26 Å². The summed E-state index contributed by atoms with van der Waals surface area (Å²) in [6, 6.07) is 2.17. The minimum Gasteiger partial charge on any atom is -0.390 e. The van der Waals surface area contributed by atoms with Crippen LogP contribution < -0.4 is 0 Å². The Balaban J connectivity index is 2.54. The smallest absolute Gasteiger partial charge is 0.0689 e. The maximum atomic E-state index is 9.23. The molecule has 2 nitrogen and oxygen atoms in total. The van der Waals surface area contributed by atoms with E-state index in [0.717, 1.165) is 0 Å². The Morgan fingerprint density at radius 2 is 1.89 bits per heavy atom. The molecule has 0 heterocycles. The molecule has 1 aliphatic carbocycles. The van der Waals surface area contributed by atoms with E-state index in [1.165, 1.54) is 0 Å². The molecule has 0 aromatic heterocycles. The maximum absolute atomic E-state index is 9.23. The van der Waals surface area contributed by atoms with Crippen LogP contribution in [0.4, 0.5) is 0 Å². The van der Waals surface area contributed by atoms with Crippen molar-refractivity contribution >= 4 is 0 Å². The van der Waals surface area contributed by atoms with Crippen LogP contribution in [0.1, 0.15) is 26.7 Å². The van der Waals surface area contributed by atoms with Gasteiger partial charge in [-0.25, -0.2) is 0 Å². The molecule has 50 valence electrons. The van der Waals surface area contributed by atoms with Gasteiger partial charge in [0.15, 0.2) is 0 Å². The van der Waals surface area contributed by atoms with E-state index in [2.05, 4.69) is 6.07 Å². The minimum absolute atomic E-state index is 0.247. The van der Waals surface area contributed by atoms with Crippen molar-refractivity contribution in [3.8, 4) is 6.07 Å². The first kappa shape index (κ1) is 6.57. The monoisotopic (exact) mass is 125 g/mol. The summed E-state index contributed by atoms with van der Waals surface area (Å²) in [5.74, 6) is 0. The summed E-state index contributed by atoms with van der Waals surface area (Å²) in [6.45, 7) is 3.65. The van der Waals surface area contributed by atoms with E-state index in [1.807, 2.05) is 6.92 Å². The summed E-state index contributed by atoms with van der Waals surface area (Å²) in [7, 11) is 0. The molecule has 0 aromatic carbocycles. The van der Waals surface area contributed by atoms with Crippen LogP contribution in [0.3, 0.4) is 0 Å². The van der Waals surface area contributed by atoms with Gasteiger partial charge >= 0.3 is 0 Å². The quantitative estimate of drug-likeness (QED) is 0.526. The van der Waals surface area contributed by atoms with E-state index < -0.39 is 5.60 Å². The van der Waals surface area contributed by atoms with Crippen LogP contribution in [-0.4, -0.2) is 10.7 Å². The largest absolute Gasteiger partial charge is 0.390 e. The molecule has 0 aromatic rings. The number of nitrogens with zero attached hydrogens (tertiary/aromatic N) is 1. The number of rotatable bonds is 0. The van der Waals surface area contributed by atoms with Crippen molar-refractivity contribution in [3.63, 3.8) is 0 Å². The molecule has 0 spiro atoms. The Labute approximate surface area is 55.1 Å². The van der Waals surface area contributed by atoms with Crippen molar-refractivity contribution in [2.24, 2.45) is 5.41 Å². The van der Waals surface area contributed by atoms with Gasteiger partial charge in [-0.15, -0.1) is 0 Å². The number of hydrogen-bond acceptors (Lipinski definition) is 2. The van der Waals surface area contributed by atoms with Gasteiger partial charge in [-0.05, 0) is 26.7 Å². The van der Waals surface area contributed by atoms with Crippen molar-refractivity contribution < 1.29 is 5.11 Å². The second kappa shape index (κ2) is 1.48. The van der Waals surface area contributed by atoms with Gasteiger partial charge in [0.2, 0.25) is 0 Å². The second-order valence-corrected chi connectivity index (χ2v) is 3.52. The van der Waals surface area contributed by atoms with Crippen LogP contribution >= 0.6 is 0 Å². The number of aliphatic hydroxyl groups is 1. The minimum atomic E-state index is -0.565. The van der Waals surface area contributed by atoms with E-state index in [-0.39, 0.29) is 5.41 Å². The van der Waals surface area contributed by atoms with E-state index in [4.69, 9.17) is 5.26 Å². The van der Waals surface area contributed by atoms with Gasteiger partial charge in [0.25, 0.3) is 0 Å². The summed E-state index contributed by atoms with van der Waals surface area (Å²) in [4.78, 5) is 0. The van der Waals surface area contributed by atoms with Gasteiger partial charge in [-0.1, -0.05) is 0 Å². The molecule has 0 atom stereocenters.